The van der Waals surface area contributed by atoms with Gasteiger partial charge in [0.15, 0.2) is 0 Å². The lowest BCUT2D eigenvalue weighted by Crippen LogP contribution is -2.19. The van der Waals surface area contributed by atoms with Crippen LogP contribution in [0.1, 0.15) is 30.7 Å². The van der Waals surface area contributed by atoms with Crippen LogP contribution in [0.15, 0.2) is 21.4 Å². The molecule has 0 amide bonds. The van der Waals surface area contributed by atoms with E-state index in [4.69, 9.17) is 11.6 Å². The quantitative estimate of drug-likeness (QED) is 0.764. The third kappa shape index (κ3) is 2.13. The van der Waals surface area contributed by atoms with E-state index in [9.17, 15) is 4.79 Å². The van der Waals surface area contributed by atoms with Crippen LogP contribution in [0.25, 0.3) is 11.0 Å². The molecule has 0 spiro atoms. The third-order valence-corrected chi connectivity index (χ3v) is 5.83. The van der Waals surface area contributed by atoms with Gasteiger partial charge in [-0.15, -0.1) is 11.6 Å². The van der Waals surface area contributed by atoms with Crippen LogP contribution in [0.2, 0.25) is 0 Å². The van der Waals surface area contributed by atoms with Crippen molar-refractivity contribution in [3.63, 3.8) is 0 Å². The summed E-state index contributed by atoms with van der Waals surface area (Å²) in [6.45, 7) is 2.22. The highest BCUT2D eigenvalue weighted by atomic mass is 79.9. The smallest absolute Gasteiger partial charge is 0.295 e. The van der Waals surface area contributed by atoms with Crippen LogP contribution >= 0.6 is 27.5 Å². The van der Waals surface area contributed by atoms with Crippen molar-refractivity contribution in [1.29, 1.82) is 0 Å². The number of imidazole rings is 1. The van der Waals surface area contributed by atoms with Gasteiger partial charge in [-0.25, -0.2) is 4.79 Å². The van der Waals surface area contributed by atoms with E-state index in [1.54, 1.807) is 23.2 Å². The number of alkyl halides is 1. The van der Waals surface area contributed by atoms with Crippen molar-refractivity contribution in [3.05, 3.63) is 32.7 Å². The predicted molar refractivity (Wildman–Crippen MR) is 86.3 cm³/mol. The Hall–Kier alpha value is -0.740. The van der Waals surface area contributed by atoms with Crippen LogP contribution in [0.3, 0.4) is 0 Å². The van der Waals surface area contributed by atoms with Crippen molar-refractivity contribution >= 4 is 38.6 Å². The molecule has 1 fully saturated rings. The number of aromatic nitrogens is 2. The van der Waals surface area contributed by atoms with Crippen molar-refractivity contribution in [2.24, 2.45) is 25.9 Å². The maximum Gasteiger partial charge on any atom is 0.328 e. The van der Waals surface area contributed by atoms with Gasteiger partial charge in [0.2, 0.25) is 0 Å². The number of hydrogen-bond donors (Lipinski definition) is 0. The van der Waals surface area contributed by atoms with Crippen molar-refractivity contribution in [1.82, 2.24) is 9.13 Å². The van der Waals surface area contributed by atoms with Gasteiger partial charge in [0.1, 0.15) is 0 Å². The average Bonchev–Trinajstić information content (AvgIpc) is 3.24. The summed E-state index contributed by atoms with van der Waals surface area (Å²) < 4.78 is 4.33. The van der Waals surface area contributed by atoms with E-state index in [0.29, 0.717) is 5.92 Å². The van der Waals surface area contributed by atoms with Gasteiger partial charge in [0.05, 0.1) is 16.4 Å². The summed E-state index contributed by atoms with van der Waals surface area (Å²) in [5.41, 5.74) is 2.94. The molecule has 1 aliphatic rings. The van der Waals surface area contributed by atoms with Crippen LogP contribution in [-0.4, -0.2) is 9.13 Å². The minimum absolute atomic E-state index is 0.00888. The summed E-state index contributed by atoms with van der Waals surface area (Å²) in [4.78, 5) is 12.0. The van der Waals surface area contributed by atoms with Crippen LogP contribution in [0.4, 0.5) is 0 Å². The fraction of sp³-hybridized carbons (Fsp3) is 0.533. The van der Waals surface area contributed by atoms with E-state index >= 15 is 0 Å². The molecule has 3 nitrogen and oxygen atoms in total. The van der Waals surface area contributed by atoms with Gasteiger partial charge in [-0.1, -0.05) is 22.9 Å². The second-order valence-corrected chi connectivity index (χ2v) is 7.19. The first-order chi connectivity index (χ1) is 9.41. The van der Waals surface area contributed by atoms with Crippen molar-refractivity contribution in [2.75, 3.05) is 0 Å². The molecule has 1 saturated carbocycles. The Balaban J connectivity index is 2.14. The minimum atomic E-state index is -0.0171. The van der Waals surface area contributed by atoms with Crippen molar-refractivity contribution in [3.8, 4) is 0 Å². The number of rotatable bonds is 3. The van der Waals surface area contributed by atoms with E-state index in [2.05, 4.69) is 28.9 Å². The number of aryl methyl sites for hydroxylation is 2. The highest BCUT2D eigenvalue weighted by Crippen LogP contribution is 2.47. The summed E-state index contributed by atoms with van der Waals surface area (Å²) in [5, 5.41) is -0.0171. The molecule has 0 radical (unpaired) electrons. The molecular weight excluding hydrogens is 340 g/mol. The molecule has 2 aromatic rings. The van der Waals surface area contributed by atoms with E-state index in [1.165, 1.54) is 12.8 Å². The van der Waals surface area contributed by atoms with E-state index in [-0.39, 0.29) is 11.1 Å². The molecule has 0 N–H and O–H groups in total. The van der Waals surface area contributed by atoms with Gasteiger partial charge in [-0.05, 0) is 42.4 Å². The minimum Gasteiger partial charge on any atom is -0.295 e. The number of benzene rings is 1. The number of nitrogens with zero attached hydrogens (tertiary/aromatic N) is 2. The number of hydrogen-bond acceptors (Lipinski definition) is 1. The Morgan fingerprint density at radius 3 is 2.35 bits per heavy atom. The number of fused-ring (bicyclic) bond motifs is 1. The molecule has 108 valence electrons. The van der Waals surface area contributed by atoms with Gasteiger partial charge in [-0.2, -0.15) is 0 Å². The second kappa shape index (κ2) is 4.92. The Morgan fingerprint density at radius 1 is 1.25 bits per heavy atom. The fourth-order valence-corrected chi connectivity index (χ4v) is 3.99. The summed E-state index contributed by atoms with van der Waals surface area (Å²) in [6.07, 6.45) is 2.57. The van der Waals surface area contributed by atoms with Gasteiger partial charge in [-0.3, -0.25) is 9.13 Å². The zero-order valence-corrected chi connectivity index (χ0v) is 14.2. The normalized spacial score (nSPS) is 18.4. The zero-order valence-electron chi connectivity index (χ0n) is 11.9. The molecule has 0 aliphatic heterocycles. The van der Waals surface area contributed by atoms with Crippen LogP contribution in [0.5, 0.6) is 0 Å². The summed E-state index contributed by atoms with van der Waals surface area (Å²) in [7, 11) is 3.59. The Bertz CT molecular complexity index is 730. The lowest BCUT2D eigenvalue weighted by Gasteiger charge is -2.19. The van der Waals surface area contributed by atoms with Crippen molar-refractivity contribution < 1.29 is 0 Å². The van der Waals surface area contributed by atoms with Gasteiger partial charge in [0.25, 0.3) is 0 Å². The molecule has 3 rings (SSSR count). The average molecular weight is 358 g/mol. The molecule has 0 saturated heterocycles. The standard InChI is InChI=1S/C15H18BrClN2O/c1-8(9-4-5-9)14(17)10-6-12-13(7-11(10)16)19(3)15(20)18(12)2/h6-9,14H,4-5H2,1-3H3. The van der Waals surface area contributed by atoms with Gasteiger partial charge < -0.3 is 0 Å². The Labute approximate surface area is 131 Å². The molecular formula is C15H18BrClN2O. The number of halogens is 2. The largest absolute Gasteiger partial charge is 0.328 e. The van der Waals surface area contributed by atoms with E-state index in [0.717, 1.165) is 27.0 Å². The lowest BCUT2D eigenvalue weighted by molar-refractivity contribution is 0.490. The highest BCUT2D eigenvalue weighted by molar-refractivity contribution is 9.10. The molecule has 1 aromatic carbocycles. The van der Waals surface area contributed by atoms with Crippen LogP contribution in [-0.2, 0) is 14.1 Å². The maximum atomic E-state index is 12.0. The van der Waals surface area contributed by atoms with E-state index < -0.39 is 0 Å². The molecule has 1 aromatic heterocycles. The lowest BCUT2D eigenvalue weighted by atomic mass is 9.96. The highest BCUT2D eigenvalue weighted by Gasteiger charge is 2.34. The molecule has 20 heavy (non-hydrogen) atoms. The summed E-state index contributed by atoms with van der Waals surface area (Å²) in [5.74, 6) is 1.21. The molecule has 2 unspecified atom stereocenters. The third-order valence-electron chi connectivity index (χ3n) is 4.51. The first kappa shape index (κ1) is 14.2. The summed E-state index contributed by atoms with van der Waals surface area (Å²) in [6, 6.07) is 4.05. The molecule has 1 aliphatic carbocycles. The SMILES string of the molecule is CC(C1CC1)C(Cl)c1cc2c(cc1Br)n(C)c(=O)n2C. The second-order valence-electron chi connectivity index (χ2n) is 5.86. The Morgan fingerprint density at radius 2 is 1.80 bits per heavy atom. The zero-order chi connectivity index (χ0) is 14.6. The molecule has 0 bridgehead atoms. The molecule has 5 heteroatoms. The first-order valence-electron chi connectivity index (χ1n) is 6.90. The first-order valence-corrected chi connectivity index (χ1v) is 8.13. The maximum absolute atomic E-state index is 12.0. The van der Waals surface area contributed by atoms with Crippen LogP contribution in [0, 0.1) is 11.8 Å². The topological polar surface area (TPSA) is 26.9 Å². The van der Waals surface area contributed by atoms with Crippen molar-refractivity contribution in [2.45, 2.75) is 25.1 Å². The predicted octanol–water partition coefficient (Wildman–Crippen LogP) is 3.97. The molecule has 1 heterocycles. The molecule has 2 atom stereocenters. The monoisotopic (exact) mass is 356 g/mol. The van der Waals surface area contributed by atoms with Gasteiger partial charge >= 0.3 is 5.69 Å². The van der Waals surface area contributed by atoms with Gasteiger partial charge in [0, 0.05) is 18.6 Å². The van der Waals surface area contributed by atoms with Crippen LogP contribution < -0.4 is 5.69 Å². The van der Waals surface area contributed by atoms with E-state index in [1.807, 2.05) is 6.07 Å². The fourth-order valence-electron chi connectivity index (χ4n) is 2.89. The summed E-state index contributed by atoms with van der Waals surface area (Å²) >= 11 is 10.3. The Kier molecular flexibility index (Phi) is 3.49.